The van der Waals surface area contributed by atoms with E-state index in [1.807, 2.05) is 24.5 Å². The lowest BCUT2D eigenvalue weighted by Crippen LogP contribution is -1.79. The molecule has 3 heteroatoms. The van der Waals surface area contributed by atoms with Crippen molar-refractivity contribution in [3.05, 3.63) is 30.5 Å². The molecule has 2 nitrogen and oxygen atoms in total. The third-order valence-electron chi connectivity index (χ3n) is 1.90. The predicted octanol–water partition coefficient (Wildman–Crippen LogP) is 2.66. The van der Waals surface area contributed by atoms with Gasteiger partial charge in [-0.15, -0.1) is 11.8 Å². The topological polar surface area (TPSA) is 33.1 Å². The fourth-order valence-corrected chi connectivity index (χ4v) is 1.76. The summed E-state index contributed by atoms with van der Waals surface area (Å²) in [6, 6.07) is 7.52. The number of aromatic nitrogens is 1. The highest BCUT2D eigenvalue weighted by molar-refractivity contribution is 7.98. The van der Waals surface area contributed by atoms with Gasteiger partial charge in [-0.25, -0.2) is 0 Å². The molecule has 0 radical (unpaired) electrons. The molecule has 0 fully saturated rings. The third kappa shape index (κ3) is 1.47. The van der Waals surface area contributed by atoms with E-state index in [-0.39, 0.29) is 0 Å². The smallest absolute Gasteiger partial charge is 0.131 e. The summed E-state index contributed by atoms with van der Waals surface area (Å²) in [5.74, 6) is 0.304. The molecule has 2 aromatic rings. The molecule has 1 N–H and O–H groups in total. The molecule has 66 valence electrons. The molecular formula is C10H9NOS. The van der Waals surface area contributed by atoms with Crippen molar-refractivity contribution >= 4 is 22.7 Å². The number of nitrogens with zero attached hydrogens (tertiary/aromatic N) is 1. The summed E-state index contributed by atoms with van der Waals surface area (Å²) in [6.07, 6.45) is 3.66. The van der Waals surface area contributed by atoms with E-state index in [2.05, 4.69) is 4.98 Å². The zero-order chi connectivity index (χ0) is 9.26. The minimum atomic E-state index is 0.304. The van der Waals surface area contributed by atoms with Crippen molar-refractivity contribution in [2.75, 3.05) is 6.26 Å². The first-order valence-corrected chi connectivity index (χ1v) is 5.15. The SMILES string of the molecule is CSc1cc2cccnc2cc1O. The van der Waals surface area contributed by atoms with E-state index in [1.54, 1.807) is 12.3 Å². The maximum atomic E-state index is 9.55. The second-order valence-electron chi connectivity index (χ2n) is 2.72. The number of rotatable bonds is 1. The number of hydrogen-bond donors (Lipinski definition) is 1. The van der Waals surface area contributed by atoms with E-state index in [4.69, 9.17) is 0 Å². The third-order valence-corrected chi connectivity index (χ3v) is 2.67. The molecule has 0 atom stereocenters. The zero-order valence-electron chi connectivity index (χ0n) is 7.19. The minimum Gasteiger partial charge on any atom is -0.507 e. The first kappa shape index (κ1) is 8.38. The Balaban J connectivity index is 2.74. The Kier molecular flexibility index (Phi) is 2.10. The van der Waals surface area contributed by atoms with Crippen molar-refractivity contribution in [1.29, 1.82) is 0 Å². The van der Waals surface area contributed by atoms with Crippen LogP contribution in [0.2, 0.25) is 0 Å². The number of benzene rings is 1. The molecule has 0 unspecified atom stereocenters. The van der Waals surface area contributed by atoms with Crippen LogP contribution in [0.3, 0.4) is 0 Å². The quantitative estimate of drug-likeness (QED) is 0.703. The first-order valence-electron chi connectivity index (χ1n) is 3.93. The lowest BCUT2D eigenvalue weighted by molar-refractivity contribution is 0.463. The normalized spacial score (nSPS) is 10.5. The van der Waals surface area contributed by atoms with Crippen molar-refractivity contribution < 1.29 is 5.11 Å². The van der Waals surface area contributed by atoms with E-state index in [0.717, 1.165) is 15.8 Å². The fraction of sp³-hybridized carbons (Fsp3) is 0.100. The van der Waals surface area contributed by atoms with Crippen molar-refractivity contribution in [1.82, 2.24) is 4.98 Å². The predicted molar refractivity (Wildman–Crippen MR) is 55.2 cm³/mol. The Morgan fingerprint density at radius 1 is 1.38 bits per heavy atom. The molecule has 0 spiro atoms. The van der Waals surface area contributed by atoms with Gasteiger partial charge in [0.25, 0.3) is 0 Å². The number of aromatic hydroxyl groups is 1. The minimum absolute atomic E-state index is 0.304. The largest absolute Gasteiger partial charge is 0.507 e. The summed E-state index contributed by atoms with van der Waals surface area (Å²) >= 11 is 1.53. The summed E-state index contributed by atoms with van der Waals surface area (Å²) in [7, 11) is 0. The molecule has 1 heterocycles. The van der Waals surface area contributed by atoms with Gasteiger partial charge >= 0.3 is 0 Å². The fourth-order valence-electron chi connectivity index (χ4n) is 1.25. The summed E-state index contributed by atoms with van der Waals surface area (Å²) < 4.78 is 0. The maximum Gasteiger partial charge on any atom is 0.131 e. The van der Waals surface area contributed by atoms with Crippen molar-refractivity contribution in [3.63, 3.8) is 0 Å². The second-order valence-corrected chi connectivity index (χ2v) is 3.57. The van der Waals surface area contributed by atoms with E-state index in [9.17, 15) is 5.11 Å². The standard InChI is InChI=1S/C10H9NOS/c1-13-10-5-7-3-2-4-11-8(7)6-9(10)12/h2-6,12H,1H3. The highest BCUT2D eigenvalue weighted by Gasteiger charge is 2.02. The van der Waals surface area contributed by atoms with Crippen LogP contribution in [-0.4, -0.2) is 16.3 Å². The monoisotopic (exact) mass is 191 g/mol. The summed E-state index contributed by atoms with van der Waals surface area (Å²) in [6.45, 7) is 0. The van der Waals surface area contributed by atoms with Crippen LogP contribution in [0.25, 0.3) is 10.9 Å². The Hall–Kier alpha value is -1.22. The van der Waals surface area contributed by atoms with Crippen LogP contribution in [0.4, 0.5) is 0 Å². The van der Waals surface area contributed by atoms with Gasteiger partial charge in [-0.05, 0) is 18.4 Å². The van der Waals surface area contributed by atoms with Gasteiger partial charge in [-0.3, -0.25) is 4.98 Å². The van der Waals surface area contributed by atoms with E-state index in [1.165, 1.54) is 11.8 Å². The van der Waals surface area contributed by atoms with Gasteiger partial charge < -0.3 is 5.11 Å². The molecule has 0 saturated carbocycles. The molecule has 0 bridgehead atoms. The Morgan fingerprint density at radius 3 is 3.00 bits per heavy atom. The number of phenols is 1. The molecule has 0 amide bonds. The van der Waals surface area contributed by atoms with Crippen molar-refractivity contribution in [2.24, 2.45) is 0 Å². The maximum absolute atomic E-state index is 9.55. The number of hydrogen-bond acceptors (Lipinski definition) is 3. The number of fused-ring (bicyclic) bond motifs is 1. The van der Waals surface area contributed by atoms with Crippen LogP contribution in [0, 0.1) is 0 Å². The summed E-state index contributed by atoms with van der Waals surface area (Å²) in [4.78, 5) is 5.04. The van der Waals surface area contributed by atoms with Gasteiger partial charge in [0, 0.05) is 22.5 Å². The molecular weight excluding hydrogens is 182 g/mol. The van der Waals surface area contributed by atoms with E-state index < -0.39 is 0 Å². The van der Waals surface area contributed by atoms with Crippen LogP contribution in [-0.2, 0) is 0 Å². The molecule has 0 aliphatic heterocycles. The van der Waals surface area contributed by atoms with Gasteiger partial charge in [-0.2, -0.15) is 0 Å². The molecule has 2 rings (SSSR count). The average molecular weight is 191 g/mol. The summed E-state index contributed by atoms with van der Waals surface area (Å²) in [5.41, 5.74) is 0.831. The van der Waals surface area contributed by atoms with Crippen molar-refractivity contribution in [2.45, 2.75) is 4.90 Å². The summed E-state index contributed by atoms with van der Waals surface area (Å²) in [5, 5.41) is 10.6. The van der Waals surface area contributed by atoms with Gasteiger partial charge in [0.05, 0.1) is 5.52 Å². The zero-order valence-corrected chi connectivity index (χ0v) is 8.01. The Labute approximate surface area is 80.6 Å². The average Bonchev–Trinajstić information content (AvgIpc) is 2.17. The molecule has 0 aliphatic rings. The number of thioether (sulfide) groups is 1. The number of pyridine rings is 1. The Morgan fingerprint density at radius 2 is 2.23 bits per heavy atom. The molecule has 1 aromatic carbocycles. The lowest BCUT2D eigenvalue weighted by Gasteiger charge is -2.02. The highest BCUT2D eigenvalue weighted by Crippen LogP contribution is 2.30. The molecule has 0 saturated heterocycles. The molecule has 0 aliphatic carbocycles. The van der Waals surface area contributed by atoms with Crippen LogP contribution in [0.15, 0.2) is 35.4 Å². The Bertz CT molecular complexity index is 442. The van der Waals surface area contributed by atoms with E-state index in [0.29, 0.717) is 5.75 Å². The van der Waals surface area contributed by atoms with Gasteiger partial charge in [-0.1, -0.05) is 6.07 Å². The molecule has 1 aromatic heterocycles. The van der Waals surface area contributed by atoms with Crippen LogP contribution in [0.5, 0.6) is 5.75 Å². The van der Waals surface area contributed by atoms with Crippen LogP contribution in [0.1, 0.15) is 0 Å². The molecule has 13 heavy (non-hydrogen) atoms. The second kappa shape index (κ2) is 3.26. The van der Waals surface area contributed by atoms with Gasteiger partial charge in [0.15, 0.2) is 0 Å². The lowest BCUT2D eigenvalue weighted by atomic mass is 10.2. The van der Waals surface area contributed by atoms with Gasteiger partial charge in [0.1, 0.15) is 5.75 Å². The van der Waals surface area contributed by atoms with Crippen molar-refractivity contribution in [3.8, 4) is 5.75 Å². The highest BCUT2D eigenvalue weighted by atomic mass is 32.2. The van der Waals surface area contributed by atoms with E-state index >= 15 is 0 Å². The van der Waals surface area contributed by atoms with Gasteiger partial charge in [0.2, 0.25) is 0 Å². The first-order chi connectivity index (χ1) is 6.31. The van der Waals surface area contributed by atoms with Crippen LogP contribution < -0.4 is 0 Å². The van der Waals surface area contributed by atoms with Crippen LogP contribution >= 0.6 is 11.8 Å². The number of phenolic OH excluding ortho intramolecular Hbond substituents is 1.